The molecule has 2 saturated carbocycles. The van der Waals surface area contributed by atoms with Gasteiger partial charge < -0.3 is 5.73 Å². The van der Waals surface area contributed by atoms with Gasteiger partial charge >= 0.3 is 0 Å². The molecule has 0 atom stereocenters. The van der Waals surface area contributed by atoms with Gasteiger partial charge in [0.15, 0.2) is 0 Å². The highest BCUT2D eigenvalue weighted by Gasteiger charge is 2.70. The molecular formula is C9H15F2N. The number of rotatable bonds is 1. The lowest BCUT2D eigenvalue weighted by Gasteiger charge is -2.27. The summed E-state index contributed by atoms with van der Waals surface area (Å²) in [7, 11) is 0. The Hall–Kier alpha value is -0.180. The third-order valence-electron chi connectivity index (χ3n) is 3.61. The molecule has 70 valence electrons. The van der Waals surface area contributed by atoms with Gasteiger partial charge in [0.1, 0.15) is 0 Å². The Labute approximate surface area is 71.3 Å². The topological polar surface area (TPSA) is 26.0 Å². The number of halogens is 2. The lowest BCUT2D eigenvalue weighted by atomic mass is 9.79. The quantitative estimate of drug-likeness (QED) is 0.649. The van der Waals surface area contributed by atoms with Crippen molar-refractivity contribution < 1.29 is 8.78 Å². The lowest BCUT2D eigenvalue weighted by molar-refractivity contribution is 0.0412. The molecule has 2 aliphatic carbocycles. The van der Waals surface area contributed by atoms with Gasteiger partial charge in [0.2, 0.25) is 0 Å². The van der Waals surface area contributed by atoms with Gasteiger partial charge in [-0.1, -0.05) is 0 Å². The van der Waals surface area contributed by atoms with Gasteiger partial charge in [-0.25, -0.2) is 8.78 Å². The van der Waals surface area contributed by atoms with Crippen molar-refractivity contribution in [3.63, 3.8) is 0 Å². The van der Waals surface area contributed by atoms with Crippen LogP contribution in [0.2, 0.25) is 0 Å². The number of hydrogen-bond donors (Lipinski definition) is 1. The van der Waals surface area contributed by atoms with Crippen LogP contribution in [0.4, 0.5) is 8.78 Å². The van der Waals surface area contributed by atoms with Gasteiger partial charge in [0.25, 0.3) is 5.92 Å². The lowest BCUT2D eigenvalue weighted by Crippen LogP contribution is -2.25. The van der Waals surface area contributed by atoms with E-state index in [4.69, 9.17) is 5.73 Å². The van der Waals surface area contributed by atoms with Crippen LogP contribution in [0.15, 0.2) is 0 Å². The Morgan fingerprint density at radius 3 is 2.08 bits per heavy atom. The van der Waals surface area contributed by atoms with E-state index in [1.54, 1.807) is 0 Å². The summed E-state index contributed by atoms with van der Waals surface area (Å²) in [5.74, 6) is -1.83. The number of nitrogens with two attached hydrogens (primary N) is 1. The predicted octanol–water partition coefficient (Wildman–Crippen LogP) is 2.16. The van der Waals surface area contributed by atoms with Crippen molar-refractivity contribution in [2.24, 2.45) is 17.1 Å². The molecule has 0 amide bonds. The number of alkyl halides is 2. The fourth-order valence-electron chi connectivity index (χ4n) is 2.39. The van der Waals surface area contributed by atoms with Gasteiger partial charge in [-0.3, -0.25) is 0 Å². The van der Waals surface area contributed by atoms with Crippen molar-refractivity contribution in [3.05, 3.63) is 0 Å². The Kier molecular flexibility index (Phi) is 1.69. The van der Waals surface area contributed by atoms with Crippen LogP contribution in [-0.2, 0) is 0 Å². The van der Waals surface area contributed by atoms with Gasteiger partial charge in [-0.05, 0) is 38.1 Å². The largest absolute Gasteiger partial charge is 0.330 e. The molecule has 0 aromatic heterocycles. The fourth-order valence-corrected chi connectivity index (χ4v) is 2.39. The van der Waals surface area contributed by atoms with Crippen LogP contribution in [0, 0.1) is 11.3 Å². The first kappa shape index (κ1) is 8.42. The summed E-state index contributed by atoms with van der Waals surface area (Å²) in [6.07, 6.45) is 3.35. The minimum absolute atomic E-state index is 0.136. The van der Waals surface area contributed by atoms with Gasteiger partial charge in [0.05, 0.1) is 0 Å². The van der Waals surface area contributed by atoms with E-state index in [0.29, 0.717) is 25.3 Å². The molecule has 2 N–H and O–H groups in total. The minimum Gasteiger partial charge on any atom is -0.330 e. The molecule has 1 nitrogen and oxygen atoms in total. The average molecular weight is 175 g/mol. The van der Waals surface area contributed by atoms with Crippen molar-refractivity contribution in [3.8, 4) is 0 Å². The standard InChI is InChI=1S/C9H15F2N/c10-9(11)6-8(9)3-1-7(5-12)2-4-8/h7H,1-6,12H2. The summed E-state index contributed by atoms with van der Waals surface area (Å²) in [6, 6.07) is 0. The van der Waals surface area contributed by atoms with Crippen LogP contribution in [0.3, 0.4) is 0 Å². The second kappa shape index (κ2) is 2.41. The smallest absolute Gasteiger partial charge is 0.254 e. The molecule has 2 rings (SSSR count). The molecule has 0 heterocycles. The van der Waals surface area contributed by atoms with Crippen LogP contribution in [-0.4, -0.2) is 12.5 Å². The van der Waals surface area contributed by atoms with Crippen LogP contribution in [0.25, 0.3) is 0 Å². The molecule has 2 fully saturated rings. The Bertz CT molecular complexity index is 183. The second-order valence-corrected chi connectivity index (χ2v) is 4.34. The first-order chi connectivity index (χ1) is 5.60. The fraction of sp³-hybridized carbons (Fsp3) is 1.00. The summed E-state index contributed by atoms with van der Waals surface area (Å²) in [5.41, 5.74) is 4.91. The van der Waals surface area contributed by atoms with Gasteiger partial charge in [-0.2, -0.15) is 0 Å². The molecule has 1 spiro atoms. The zero-order chi connectivity index (χ0) is 8.82. The molecule has 0 radical (unpaired) electrons. The van der Waals surface area contributed by atoms with Gasteiger partial charge in [-0.15, -0.1) is 0 Å². The van der Waals surface area contributed by atoms with Crippen molar-refractivity contribution in [2.45, 2.75) is 38.0 Å². The van der Waals surface area contributed by atoms with E-state index in [9.17, 15) is 8.78 Å². The first-order valence-corrected chi connectivity index (χ1v) is 4.68. The Morgan fingerprint density at radius 1 is 1.25 bits per heavy atom. The van der Waals surface area contributed by atoms with E-state index in [1.165, 1.54) is 0 Å². The molecule has 0 aliphatic heterocycles. The molecule has 0 saturated heterocycles. The molecular weight excluding hydrogens is 160 g/mol. The van der Waals surface area contributed by atoms with Crippen molar-refractivity contribution in [1.82, 2.24) is 0 Å². The maximum Gasteiger partial charge on any atom is 0.254 e. The van der Waals surface area contributed by atoms with E-state index >= 15 is 0 Å². The minimum atomic E-state index is -2.34. The molecule has 2 aliphatic rings. The van der Waals surface area contributed by atoms with E-state index in [0.717, 1.165) is 12.8 Å². The highest BCUT2D eigenvalue weighted by molar-refractivity contribution is 5.11. The van der Waals surface area contributed by atoms with Crippen LogP contribution in [0.5, 0.6) is 0 Å². The van der Waals surface area contributed by atoms with E-state index in [-0.39, 0.29) is 6.42 Å². The van der Waals surface area contributed by atoms with E-state index < -0.39 is 11.3 Å². The molecule has 12 heavy (non-hydrogen) atoms. The van der Waals surface area contributed by atoms with E-state index in [1.807, 2.05) is 0 Å². The third-order valence-corrected chi connectivity index (χ3v) is 3.61. The zero-order valence-corrected chi connectivity index (χ0v) is 7.15. The normalized spacial score (nSPS) is 44.8. The molecule has 0 aromatic carbocycles. The summed E-state index contributed by atoms with van der Waals surface area (Å²) in [6.45, 7) is 0.668. The maximum absolute atomic E-state index is 12.9. The maximum atomic E-state index is 12.9. The average Bonchev–Trinajstić information content (AvgIpc) is 2.55. The zero-order valence-electron chi connectivity index (χ0n) is 7.15. The van der Waals surface area contributed by atoms with E-state index in [2.05, 4.69) is 0 Å². The monoisotopic (exact) mass is 175 g/mol. The first-order valence-electron chi connectivity index (χ1n) is 4.68. The molecule has 0 unspecified atom stereocenters. The predicted molar refractivity (Wildman–Crippen MR) is 43.0 cm³/mol. The summed E-state index contributed by atoms with van der Waals surface area (Å²) in [4.78, 5) is 0. The summed E-state index contributed by atoms with van der Waals surface area (Å²) < 4.78 is 25.7. The number of hydrogen-bond acceptors (Lipinski definition) is 1. The Balaban J connectivity index is 1.92. The van der Waals surface area contributed by atoms with Gasteiger partial charge in [0, 0.05) is 11.8 Å². The highest BCUT2D eigenvalue weighted by atomic mass is 19.3. The van der Waals surface area contributed by atoms with Crippen molar-refractivity contribution in [2.75, 3.05) is 6.54 Å². The summed E-state index contributed by atoms with van der Waals surface area (Å²) >= 11 is 0. The highest BCUT2D eigenvalue weighted by Crippen LogP contribution is 2.67. The Morgan fingerprint density at radius 2 is 1.75 bits per heavy atom. The van der Waals surface area contributed by atoms with Crippen LogP contribution in [0.1, 0.15) is 32.1 Å². The molecule has 0 bridgehead atoms. The van der Waals surface area contributed by atoms with Crippen molar-refractivity contribution >= 4 is 0 Å². The van der Waals surface area contributed by atoms with Crippen molar-refractivity contribution in [1.29, 1.82) is 0 Å². The molecule has 3 heteroatoms. The second-order valence-electron chi connectivity index (χ2n) is 4.34. The summed E-state index contributed by atoms with van der Waals surface area (Å²) in [5, 5.41) is 0. The SMILES string of the molecule is NCC1CCC2(CC1)CC2(F)F. The van der Waals surface area contributed by atoms with Crippen LogP contribution < -0.4 is 5.73 Å². The third kappa shape index (κ3) is 1.06. The molecule has 0 aromatic rings. The van der Waals surface area contributed by atoms with Crippen LogP contribution >= 0.6 is 0 Å².